The lowest BCUT2D eigenvalue weighted by Crippen LogP contribution is -2.25. The number of benzene rings is 2. The van der Waals surface area contributed by atoms with Crippen LogP contribution in [0.4, 0.5) is 0 Å². The summed E-state index contributed by atoms with van der Waals surface area (Å²) in [6, 6.07) is 15.6. The average molecular weight is 313 g/mol. The van der Waals surface area contributed by atoms with Crippen molar-refractivity contribution in [3.05, 3.63) is 59.7 Å². The number of nitrogens with one attached hydrogen (secondary N) is 1. The number of hydrogen-bond donors (Lipinski definition) is 1. The Bertz CT molecular complexity index is 626. The second-order valence-corrected chi connectivity index (χ2v) is 5.26. The fourth-order valence-electron chi connectivity index (χ4n) is 2.38. The molecule has 0 aliphatic heterocycles. The van der Waals surface area contributed by atoms with Crippen molar-refractivity contribution in [3.63, 3.8) is 0 Å². The highest BCUT2D eigenvalue weighted by Gasteiger charge is 2.12. The van der Waals surface area contributed by atoms with E-state index in [9.17, 15) is 4.79 Å². The Morgan fingerprint density at radius 1 is 1.00 bits per heavy atom. The van der Waals surface area contributed by atoms with E-state index in [-0.39, 0.29) is 5.91 Å². The summed E-state index contributed by atoms with van der Waals surface area (Å²) < 4.78 is 10.4. The molecule has 0 heterocycles. The molecule has 4 heteroatoms. The molecular formula is C19H23NO3. The van der Waals surface area contributed by atoms with Crippen LogP contribution in [0.2, 0.25) is 0 Å². The van der Waals surface area contributed by atoms with Gasteiger partial charge in [0.1, 0.15) is 11.5 Å². The van der Waals surface area contributed by atoms with Gasteiger partial charge in [-0.3, -0.25) is 4.79 Å². The minimum Gasteiger partial charge on any atom is -0.497 e. The molecule has 0 aliphatic carbocycles. The number of amides is 1. The van der Waals surface area contributed by atoms with Gasteiger partial charge in [0.2, 0.25) is 0 Å². The monoisotopic (exact) mass is 313 g/mol. The third kappa shape index (κ3) is 5.02. The van der Waals surface area contributed by atoms with Crippen molar-refractivity contribution < 1.29 is 14.3 Å². The first-order valence-corrected chi connectivity index (χ1v) is 7.78. The van der Waals surface area contributed by atoms with Crippen LogP contribution in [0.5, 0.6) is 11.5 Å². The van der Waals surface area contributed by atoms with Gasteiger partial charge in [-0.25, -0.2) is 0 Å². The Labute approximate surface area is 137 Å². The molecule has 2 rings (SSSR count). The number of ether oxygens (including phenoxy) is 2. The Kier molecular flexibility index (Phi) is 6.48. The van der Waals surface area contributed by atoms with Crippen LogP contribution < -0.4 is 14.8 Å². The smallest absolute Gasteiger partial charge is 0.255 e. The second kappa shape index (κ2) is 8.83. The molecule has 0 aliphatic rings. The topological polar surface area (TPSA) is 47.6 Å². The van der Waals surface area contributed by atoms with Gasteiger partial charge in [-0.15, -0.1) is 0 Å². The Morgan fingerprint density at radius 3 is 2.48 bits per heavy atom. The van der Waals surface area contributed by atoms with Gasteiger partial charge < -0.3 is 14.8 Å². The predicted octanol–water partition coefficient (Wildman–Crippen LogP) is 3.46. The largest absolute Gasteiger partial charge is 0.497 e. The van der Waals surface area contributed by atoms with Crippen LogP contribution in [-0.2, 0) is 6.42 Å². The molecule has 1 amide bonds. The zero-order valence-corrected chi connectivity index (χ0v) is 13.7. The summed E-state index contributed by atoms with van der Waals surface area (Å²) >= 11 is 0. The first-order valence-electron chi connectivity index (χ1n) is 7.78. The number of rotatable bonds is 8. The van der Waals surface area contributed by atoms with Gasteiger partial charge in [0.05, 0.1) is 19.8 Å². The normalized spacial score (nSPS) is 10.2. The SMILES string of the molecule is COc1ccc(C(=O)NCCCCc2ccccc2)c(OC)c1. The molecule has 0 saturated heterocycles. The third-order valence-electron chi connectivity index (χ3n) is 3.67. The van der Waals surface area contributed by atoms with Crippen molar-refractivity contribution in [1.82, 2.24) is 5.32 Å². The van der Waals surface area contributed by atoms with Gasteiger partial charge >= 0.3 is 0 Å². The Hall–Kier alpha value is -2.49. The van der Waals surface area contributed by atoms with Crippen LogP contribution in [0, 0.1) is 0 Å². The van der Waals surface area contributed by atoms with Gasteiger partial charge in [0.25, 0.3) is 5.91 Å². The summed E-state index contributed by atoms with van der Waals surface area (Å²) in [6.07, 6.45) is 3.02. The first kappa shape index (κ1) is 16.9. The highest BCUT2D eigenvalue weighted by Crippen LogP contribution is 2.24. The predicted molar refractivity (Wildman–Crippen MR) is 91.3 cm³/mol. The standard InChI is InChI=1S/C19H23NO3/c1-22-16-11-12-17(18(14-16)23-2)19(21)20-13-7-6-10-15-8-4-3-5-9-15/h3-5,8-9,11-12,14H,6-7,10,13H2,1-2H3,(H,20,21). The molecule has 0 aromatic heterocycles. The van der Waals surface area contributed by atoms with E-state index in [0.717, 1.165) is 19.3 Å². The maximum atomic E-state index is 12.2. The van der Waals surface area contributed by atoms with Crippen molar-refractivity contribution in [2.45, 2.75) is 19.3 Å². The maximum absolute atomic E-state index is 12.2. The minimum absolute atomic E-state index is 0.121. The van der Waals surface area contributed by atoms with Crippen molar-refractivity contribution in [1.29, 1.82) is 0 Å². The summed E-state index contributed by atoms with van der Waals surface area (Å²) in [6.45, 7) is 0.654. The van der Waals surface area contributed by atoms with Gasteiger partial charge in [-0.05, 0) is 37.0 Å². The fourth-order valence-corrected chi connectivity index (χ4v) is 2.38. The van der Waals surface area contributed by atoms with Gasteiger partial charge in [-0.1, -0.05) is 30.3 Å². The molecule has 0 fully saturated rings. The number of methoxy groups -OCH3 is 2. The van der Waals surface area contributed by atoms with Crippen LogP contribution >= 0.6 is 0 Å². The summed E-state index contributed by atoms with van der Waals surface area (Å²) in [5, 5.41) is 2.94. The quantitative estimate of drug-likeness (QED) is 0.759. The molecule has 2 aromatic carbocycles. The molecule has 1 N–H and O–H groups in total. The van der Waals surface area contributed by atoms with E-state index in [1.165, 1.54) is 5.56 Å². The molecule has 0 bridgehead atoms. The lowest BCUT2D eigenvalue weighted by Gasteiger charge is -2.10. The second-order valence-electron chi connectivity index (χ2n) is 5.26. The van der Waals surface area contributed by atoms with E-state index in [1.807, 2.05) is 18.2 Å². The number of aryl methyl sites for hydroxylation is 1. The van der Waals surface area contributed by atoms with Gasteiger partial charge in [0.15, 0.2) is 0 Å². The van der Waals surface area contributed by atoms with E-state index < -0.39 is 0 Å². The van der Waals surface area contributed by atoms with E-state index >= 15 is 0 Å². The van der Waals surface area contributed by atoms with Gasteiger partial charge in [0, 0.05) is 12.6 Å². The molecular weight excluding hydrogens is 290 g/mol. The molecule has 0 spiro atoms. The van der Waals surface area contributed by atoms with E-state index in [4.69, 9.17) is 9.47 Å². The zero-order chi connectivity index (χ0) is 16.5. The maximum Gasteiger partial charge on any atom is 0.255 e. The highest BCUT2D eigenvalue weighted by molar-refractivity contribution is 5.97. The Morgan fingerprint density at radius 2 is 1.78 bits per heavy atom. The van der Waals surface area contributed by atoms with Crippen LogP contribution in [-0.4, -0.2) is 26.7 Å². The molecule has 23 heavy (non-hydrogen) atoms. The van der Waals surface area contributed by atoms with Crippen LogP contribution in [0.1, 0.15) is 28.8 Å². The van der Waals surface area contributed by atoms with Crippen molar-refractivity contribution in [2.24, 2.45) is 0 Å². The molecule has 122 valence electrons. The first-order chi connectivity index (χ1) is 11.2. The van der Waals surface area contributed by atoms with Crippen molar-refractivity contribution in [3.8, 4) is 11.5 Å². The zero-order valence-electron chi connectivity index (χ0n) is 13.7. The highest BCUT2D eigenvalue weighted by atomic mass is 16.5. The molecule has 0 atom stereocenters. The van der Waals surface area contributed by atoms with E-state index in [1.54, 1.807) is 32.4 Å². The van der Waals surface area contributed by atoms with Crippen LogP contribution in [0.3, 0.4) is 0 Å². The molecule has 2 aromatic rings. The molecule has 0 saturated carbocycles. The number of carbonyl (C=O) groups excluding carboxylic acids is 1. The number of hydrogen-bond acceptors (Lipinski definition) is 3. The summed E-state index contributed by atoms with van der Waals surface area (Å²) in [7, 11) is 3.13. The van der Waals surface area contributed by atoms with Crippen LogP contribution in [0.25, 0.3) is 0 Å². The lowest BCUT2D eigenvalue weighted by molar-refractivity contribution is 0.0950. The third-order valence-corrected chi connectivity index (χ3v) is 3.67. The summed E-state index contributed by atoms with van der Waals surface area (Å²) in [5.41, 5.74) is 1.85. The van der Waals surface area contributed by atoms with E-state index in [0.29, 0.717) is 23.6 Å². The van der Waals surface area contributed by atoms with Crippen molar-refractivity contribution in [2.75, 3.05) is 20.8 Å². The minimum atomic E-state index is -0.121. The van der Waals surface area contributed by atoms with E-state index in [2.05, 4.69) is 17.4 Å². The van der Waals surface area contributed by atoms with Crippen molar-refractivity contribution >= 4 is 5.91 Å². The average Bonchev–Trinajstić information content (AvgIpc) is 2.61. The van der Waals surface area contributed by atoms with Crippen LogP contribution in [0.15, 0.2) is 48.5 Å². The molecule has 0 unspecified atom stereocenters. The summed E-state index contributed by atoms with van der Waals surface area (Å²) in [4.78, 5) is 12.2. The van der Waals surface area contributed by atoms with Gasteiger partial charge in [-0.2, -0.15) is 0 Å². The Balaban J connectivity index is 1.78. The number of carbonyl (C=O) groups is 1. The number of unbranched alkanes of at least 4 members (excludes halogenated alkanes) is 1. The molecule has 0 radical (unpaired) electrons. The fraction of sp³-hybridized carbons (Fsp3) is 0.316. The lowest BCUT2D eigenvalue weighted by atomic mass is 10.1. The molecule has 4 nitrogen and oxygen atoms in total. The summed E-state index contributed by atoms with van der Waals surface area (Å²) in [5.74, 6) is 1.07.